The molecule has 2 aliphatic rings. The van der Waals surface area contributed by atoms with Gasteiger partial charge in [-0.25, -0.2) is 0 Å². The van der Waals surface area contributed by atoms with Crippen LogP contribution in [0.1, 0.15) is 41.9 Å². The highest BCUT2D eigenvalue weighted by Crippen LogP contribution is 2.47. The summed E-state index contributed by atoms with van der Waals surface area (Å²) in [4.78, 5) is 12.8. The number of carbonyl (C=O) groups is 1. The van der Waals surface area contributed by atoms with Crippen LogP contribution in [0.15, 0.2) is 63.7 Å². The summed E-state index contributed by atoms with van der Waals surface area (Å²) in [5.41, 5.74) is 9.70. The summed E-state index contributed by atoms with van der Waals surface area (Å²) in [6, 6.07) is 13.9. The van der Waals surface area contributed by atoms with Crippen LogP contribution in [0.4, 0.5) is 0 Å². The summed E-state index contributed by atoms with van der Waals surface area (Å²) in [5, 5.41) is 9.78. The number of nitrogens with zero attached hydrogens (tertiary/aromatic N) is 1. The predicted molar refractivity (Wildman–Crippen MR) is 123 cm³/mol. The first-order chi connectivity index (χ1) is 15.4. The number of aryl methyl sites for hydroxylation is 1. The Kier molecular flexibility index (Phi) is 6.24. The molecule has 0 amide bonds. The fraction of sp³-hybridized carbons (Fsp3) is 0.280. The van der Waals surface area contributed by atoms with Crippen LogP contribution in [0.3, 0.4) is 0 Å². The van der Waals surface area contributed by atoms with E-state index in [4.69, 9.17) is 19.9 Å². The molecule has 0 spiro atoms. The molecule has 2 aromatic carbocycles. The van der Waals surface area contributed by atoms with E-state index >= 15 is 0 Å². The maximum atomic E-state index is 12.8. The topological polar surface area (TPSA) is 94.6 Å². The van der Waals surface area contributed by atoms with Gasteiger partial charge in [-0.2, -0.15) is 5.26 Å². The van der Waals surface area contributed by atoms with E-state index in [9.17, 15) is 10.1 Å². The second kappa shape index (κ2) is 9.09. The molecular weight excluding hydrogens is 472 g/mol. The van der Waals surface area contributed by atoms with Crippen molar-refractivity contribution in [3.05, 3.63) is 80.3 Å². The molecule has 1 heterocycles. The number of hydrogen-bond donors (Lipinski definition) is 1. The Balaban J connectivity index is 1.73. The molecule has 0 radical (unpaired) electrons. The molecule has 2 aromatic rings. The van der Waals surface area contributed by atoms with Crippen LogP contribution in [0.2, 0.25) is 0 Å². The molecule has 0 aromatic heterocycles. The lowest BCUT2D eigenvalue weighted by Gasteiger charge is -2.31. The average Bonchev–Trinajstić information content (AvgIpc) is 2.78. The predicted octanol–water partition coefficient (Wildman–Crippen LogP) is 5.16. The normalized spacial score (nSPS) is 18.1. The van der Waals surface area contributed by atoms with Gasteiger partial charge in [-0.3, -0.25) is 4.79 Å². The maximum absolute atomic E-state index is 12.8. The number of benzene rings is 2. The SMILES string of the molecule is COc1cc([C@H]2C(C#N)=C(N)OC3=C2C(=O)CCC3)cc(Br)c1OCc1ccc(C)cc1. The standard InChI is InChI=1S/C25H23BrN2O4/c1-14-6-8-15(9-7-14)13-31-24-18(26)10-16(11-21(24)30-2)22-17(12-27)25(28)32-20-5-3-4-19(29)23(20)22/h6-11,22H,3-5,13,28H2,1-2H3/t22-/m0/s1. The second-order valence-electron chi connectivity index (χ2n) is 7.85. The number of halogens is 1. The van der Waals surface area contributed by atoms with Gasteiger partial charge in [0, 0.05) is 18.4 Å². The van der Waals surface area contributed by atoms with Crippen molar-refractivity contribution in [2.24, 2.45) is 5.73 Å². The number of nitrogens with two attached hydrogens (primary N) is 1. The largest absolute Gasteiger partial charge is 0.493 e. The van der Waals surface area contributed by atoms with Crippen LogP contribution in [0, 0.1) is 18.3 Å². The van der Waals surface area contributed by atoms with Gasteiger partial charge in [0.1, 0.15) is 24.0 Å². The molecule has 164 valence electrons. The van der Waals surface area contributed by atoms with Gasteiger partial charge in [0.05, 0.1) is 17.5 Å². The van der Waals surface area contributed by atoms with E-state index in [2.05, 4.69) is 22.0 Å². The molecule has 0 bridgehead atoms. The first-order valence-electron chi connectivity index (χ1n) is 10.3. The molecule has 4 rings (SSSR count). The molecule has 0 saturated carbocycles. The number of hydrogen-bond acceptors (Lipinski definition) is 6. The third kappa shape index (κ3) is 4.11. The lowest BCUT2D eigenvalue weighted by molar-refractivity contribution is -0.116. The molecule has 32 heavy (non-hydrogen) atoms. The molecule has 1 aliphatic carbocycles. The van der Waals surface area contributed by atoms with Gasteiger partial charge in [0.2, 0.25) is 5.88 Å². The van der Waals surface area contributed by atoms with Gasteiger partial charge >= 0.3 is 0 Å². The van der Waals surface area contributed by atoms with E-state index in [1.54, 1.807) is 13.2 Å². The number of ketones is 1. The van der Waals surface area contributed by atoms with Gasteiger partial charge in [-0.15, -0.1) is 0 Å². The maximum Gasteiger partial charge on any atom is 0.205 e. The van der Waals surface area contributed by atoms with Gasteiger partial charge < -0.3 is 19.9 Å². The summed E-state index contributed by atoms with van der Waals surface area (Å²) in [7, 11) is 1.56. The van der Waals surface area contributed by atoms with E-state index in [1.165, 1.54) is 5.56 Å². The molecule has 0 unspecified atom stereocenters. The lowest BCUT2D eigenvalue weighted by Crippen LogP contribution is -2.27. The van der Waals surface area contributed by atoms with Crippen molar-refractivity contribution in [2.75, 3.05) is 7.11 Å². The summed E-state index contributed by atoms with van der Waals surface area (Å²) in [6.07, 6.45) is 1.75. The summed E-state index contributed by atoms with van der Waals surface area (Å²) >= 11 is 3.58. The van der Waals surface area contributed by atoms with Crippen molar-refractivity contribution in [3.63, 3.8) is 0 Å². The third-order valence-electron chi connectivity index (χ3n) is 5.69. The highest BCUT2D eigenvalue weighted by Gasteiger charge is 2.38. The van der Waals surface area contributed by atoms with Gasteiger partial charge in [0.25, 0.3) is 0 Å². The Bertz CT molecular complexity index is 1180. The number of rotatable bonds is 5. The van der Waals surface area contributed by atoms with E-state index in [1.807, 2.05) is 37.3 Å². The Labute approximate surface area is 195 Å². The number of methoxy groups -OCH3 is 1. The molecule has 6 nitrogen and oxygen atoms in total. The fourth-order valence-corrected chi connectivity index (χ4v) is 4.65. The summed E-state index contributed by atoms with van der Waals surface area (Å²) in [6.45, 7) is 2.41. The van der Waals surface area contributed by atoms with Crippen LogP contribution < -0.4 is 15.2 Å². The van der Waals surface area contributed by atoms with Gasteiger partial charge in [-0.05, 0) is 52.5 Å². The zero-order chi connectivity index (χ0) is 22.8. The van der Waals surface area contributed by atoms with Crippen molar-refractivity contribution >= 4 is 21.7 Å². The van der Waals surface area contributed by atoms with Crippen molar-refractivity contribution in [1.29, 1.82) is 5.26 Å². The van der Waals surface area contributed by atoms with Crippen LogP contribution >= 0.6 is 15.9 Å². The van der Waals surface area contributed by atoms with Crippen LogP contribution in [0.5, 0.6) is 11.5 Å². The van der Waals surface area contributed by atoms with Crippen molar-refractivity contribution in [1.82, 2.24) is 0 Å². The smallest absolute Gasteiger partial charge is 0.205 e. The Morgan fingerprint density at radius 2 is 2.00 bits per heavy atom. The molecule has 1 atom stereocenters. The van der Waals surface area contributed by atoms with Crippen molar-refractivity contribution < 1.29 is 19.0 Å². The van der Waals surface area contributed by atoms with E-state index in [-0.39, 0.29) is 17.2 Å². The monoisotopic (exact) mass is 494 g/mol. The Morgan fingerprint density at radius 1 is 1.25 bits per heavy atom. The average molecular weight is 495 g/mol. The number of nitriles is 1. The first-order valence-corrected chi connectivity index (χ1v) is 11.1. The van der Waals surface area contributed by atoms with Gasteiger partial charge in [0.15, 0.2) is 17.3 Å². The second-order valence-corrected chi connectivity index (χ2v) is 8.70. The first kappa shape index (κ1) is 22.0. The highest BCUT2D eigenvalue weighted by atomic mass is 79.9. The molecular formula is C25H23BrN2O4. The molecule has 0 saturated heterocycles. The highest BCUT2D eigenvalue weighted by molar-refractivity contribution is 9.10. The number of ether oxygens (including phenoxy) is 3. The quantitative estimate of drug-likeness (QED) is 0.616. The van der Waals surface area contributed by atoms with Crippen molar-refractivity contribution in [3.8, 4) is 17.6 Å². The number of allylic oxidation sites excluding steroid dienone is 3. The van der Waals surface area contributed by atoms with Crippen LogP contribution in [-0.2, 0) is 16.1 Å². The minimum atomic E-state index is -0.604. The molecule has 7 heteroatoms. The Morgan fingerprint density at radius 3 is 2.69 bits per heavy atom. The number of Topliss-reactive ketones (excluding diaryl/α,β-unsaturated/α-hetero) is 1. The van der Waals surface area contributed by atoms with Gasteiger partial charge in [-0.1, -0.05) is 29.8 Å². The van der Waals surface area contributed by atoms with Crippen molar-refractivity contribution in [2.45, 2.75) is 38.7 Å². The van der Waals surface area contributed by atoms with E-state index in [0.29, 0.717) is 58.7 Å². The zero-order valence-electron chi connectivity index (χ0n) is 17.9. The Hall–Kier alpha value is -3.24. The number of carbonyl (C=O) groups excluding carboxylic acids is 1. The molecule has 2 N–H and O–H groups in total. The molecule has 1 aliphatic heterocycles. The van der Waals surface area contributed by atoms with Crippen LogP contribution in [0.25, 0.3) is 0 Å². The van der Waals surface area contributed by atoms with E-state index < -0.39 is 5.92 Å². The third-order valence-corrected chi connectivity index (χ3v) is 6.28. The lowest BCUT2D eigenvalue weighted by atomic mass is 9.77. The summed E-state index contributed by atoms with van der Waals surface area (Å²) in [5.74, 6) is 1.01. The zero-order valence-corrected chi connectivity index (χ0v) is 19.5. The van der Waals surface area contributed by atoms with Crippen LogP contribution in [-0.4, -0.2) is 12.9 Å². The van der Waals surface area contributed by atoms with E-state index in [0.717, 1.165) is 5.56 Å². The fourth-order valence-electron chi connectivity index (χ4n) is 4.08. The minimum Gasteiger partial charge on any atom is -0.493 e. The molecule has 0 fully saturated rings. The summed E-state index contributed by atoms with van der Waals surface area (Å²) < 4.78 is 18.0. The minimum absolute atomic E-state index is 0.0220.